The SMILES string of the molecule is Cc1noc(CC2CNc3ccccc32)n1. The van der Waals surface area contributed by atoms with Crippen LogP contribution < -0.4 is 5.32 Å². The van der Waals surface area contributed by atoms with E-state index in [0.717, 1.165) is 18.9 Å². The number of benzene rings is 1. The number of hydrogen-bond donors (Lipinski definition) is 1. The van der Waals surface area contributed by atoms with Gasteiger partial charge in [0.15, 0.2) is 5.82 Å². The molecule has 1 aromatic carbocycles. The van der Waals surface area contributed by atoms with Gasteiger partial charge in [-0.3, -0.25) is 0 Å². The van der Waals surface area contributed by atoms with Gasteiger partial charge in [-0.25, -0.2) is 0 Å². The van der Waals surface area contributed by atoms with Gasteiger partial charge in [-0.15, -0.1) is 0 Å². The lowest BCUT2D eigenvalue weighted by atomic mass is 9.98. The zero-order valence-electron chi connectivity index (χ0n) is 9.10. The zero-order chi connectivity index (χ0) is 11.0. The lowest BCUT2D eigenvalue weighted by Crippen LogP contribution is -2.05. The highest BCUT2D eigenvalue weighted by Gasteiger charge is 2.23. The van der Waals surface area contributed by atoms with Gasteiger partial charge in [0.05, 0.1) is 0 Å². The second-order valence-electron chi connectivity index (χ2n) is 4.10. The molecular weight excluding hydrogens is 202 g/mol. The summed E-state index contributed by atoms with van der Waals surface area (Å²) in [7, 11) is 0. The minimum absolute atomic E-state index is 0.441. The zero-order valence-corrected chi connectivity index (χ0v) is 9.10. The van der Waals surface area contributed by atoms with Crippen LogP contribution >= 0.6 is 0 Å². The minimum atomic E-state index is 0.441. The highest BCUT2D eigenvalue weighted by molar-refractivity contribution is 5.57. The maximum atomic E-state index is 5.15. The fourth-order valence-corrected chi connectivity index (χ4v) is 2.17. The summed E-state index contributed by atoms with van der Waals surface area (Å²) < 4.78 is 5.15. The molecule has 3 rings (SSSR count). The van der Waals surface area contributed by atoms with Crippen molar-refractivity contribution < 1.29 is 4.52 Å². The number of fused-ring (bicyclic) bond motifs is 1. The number of aromatic nitrogens is 2. The van der Waals surface area contributed by atoms with Crippen molar-refractivity contribution in [1.82, 2.24) is 10.1 Å². The molecule has 1 aromatic heterocycles. The average molecular weight is 215 g/mol. The van der Waals surface area contributed by atoms with E-state index in [2.05, 4.69) is 33.7 Å². The highest BCUT2D eigenvalue weighted by Crippen LogP contribution is 2.32. The Labute approximate surface area is 93.7 Å². The summed E-state index contributed by atoms with van der Waals surface area (Å²) in [6.45, 7) is 2.79. The van der Waals surface area contributed by atoms with E-state index in [1.165, 1.54) is 11.3 Å². The van der Waals surface area contributed by atoms with Gasteiger partial charge in [-0.1, -0.05) is 23.4 Å². The van der Waals surface area contributed by atoms with E-state index in [0.29, 0.717) is 11.7 Å². The summed E-state index contributed by atoms with van der Waals surface area (Å²) in [5.74, 6) is 1.87. The molecule has 0 fully saturated rings. The Morgan fingerprint density at radius 2 is 2.31 bits per heavy atom. The standard InChI is InChI=1S/C12H13N3O/c1-8-14-12(16-15-8)6-9-7-13-11-5-3-2-4-10(9)11/h2-5,9,13H,6-7H2,1H3. The van der Waals surface area contributed by atoms with E-state index >= 15 is 0 Å². The predicted molar refractivity (Wildman–Crippen MR) is 60.4 cm³/mol. The monoisotopic (exact) mass is 215 g/mol. The third kappa shape index (κ3) is 1.56. The van der Waals surface area contributed by atoms with E-state index in [4.69, 9.17) is 4.52 Å². The number of nitrogens with one attached hydrogen (secondary N) is 1. The number of para-hydroxylation sites is 1. The predicted octanol–water partition coefficient (Wildman–Crippen LogP) is 2.13. The molecule has 0 amide bonds. The third-order valence-electron chi connectivity index (χ3n) is 2.93. The number of aryl methyl sites for hydroxylation is 1. The first-order valence-electron chi connectivity index (χ1n) is 5.45. The molecule has 82 valence electrons. The first-order chi connectivity index (χ1) is 7.83. The van der Waals surface area contributed by atoms with Gasteiger partial charge in [-0.05, 0) is 18.6 Å². The van der Waals surface area contributed by atoms with Gasteiger partial charge in [-0.2, -0.15) is 4.98 Å². The molecule has 1 atom stereocenters. The maximum absolute atomic E-state index is 5.15. The summed E-state index contributed by atoms with van der Waals surface area (Å²) in [5, 5.41) is 7.20. The molecule has 1 unspecified atom stereocenters. The Hall–Kier alpha value is -1.84. The lowest BCUT2D eigenvalue weighted by molar-refractivity contribution is 0.368. The van der Waals surface area contributed by atoms with Gasteiger partial charge in [0.25, 0.3) is 0 Å². The number of rotatable bonds is 2. The Morgan fingerprint density at radius 1 is 1.44 bits per heavy atom. The second kappa shape index (κ2) is 3.63. The molecule has 16 heavy (non-hydrogen) atoms. The van der Waals surface area contributed by atoms with Gasteiger partial charge >= 0.3 is 0 Å². The van der Waals surface area contributed by atoms with Crippen molar-refractivity contribution in [2.75, 3.05) is 11.9 Å². The van der Waals surface area contributed by atoms with Crippen molar-refractivity contribution >= 4 is 5.69 Å². The van der Waals surface area contributed by atoms with Gasteiger partial charge in [0, 0.05) is 24.6 Å². The molecule has 2 aromatic rings. The molecule has 0 aliphatic carbocycles. The quantitative estimate of drug-likeness (QED) is 0.833. The highest BCUT2D eigenvalue weighted by atomic mass is 16.5. The molecule has 4 nitrogen and oxygen atoms in total. The smallest absolute Gasteiger partial charge is 0.227 e. The minimum Gasteiger partial charge on any atom is -0.384 e. The Bertz CT molecular complexity index is 506. The normalized spacial score (nSPS) is 18.2. The van der Waals surface area contributed by atoms with Crippen molar-refractivity contribution in [2.45, 2.75) is 19.3 Å². The third-order valence-corrected chi connectivity index (χ3v) is 2.93. The molecule has 4 heteroatoms. The number of hydrogen-bond acceptors (Lipinski definition) is 4. The molecule has 1 aliphatic rings. The first-order valence-corrected chi connectivity index (χ1v) is 5.45. The summed E-state index contributed by atoms with van der Waals surface area (Å²) >= 11 is 0. The van der Waals surface area contributed by atoms with E-state index in [9.17, 15) is 0 Å². The van der Waals surface area contributed by atoms with Gasteiger partial charge < -0.3 is 9.84 Å². The topological polar surface area (TPSA) is 51.0 Å². The van der Waals surface area contributed by atoms with Crippen LogP contribution in [-0.4, -0.2) is 16.7 Å². The lowest BCUT2D eigenvalue weighted by Gasteiger charge is -2.05. The van der Waals surface area contributed by atoms with Crippen LogP contribution in [0.4, 0.5) is 5.69 Å². The van der Waals surface area contributed by atoms with E-state index < -0.39 is 0 Å². The molecule has 0 radical (unpaired) electrons. The maximum Gasteiger partial charge on any atom is 0.227 e. The van der Waals surface area contributed by atoms with Crippen LogP contribution in [0.1, 0.15) is 23.2 Å². The van der Waals surface area contributed by atoms with Crippen LogP contribution in [0.5, 0.6) is 0 Å². The van der Waals surface area contributed by atoms with Crippen LogP contribution in [0.15, 0.2) is 28.8 Å². The van der Waals surface area contributed by atoms with Crippen LogP contribution in [0.2, 0.25) is 0 Å². The fraction of sp³-hybridized carbons (Fsp3) is 0.333. The number of nitrogens with zero attached hydrogens (tertiary/aromatic N) is 2. The van der Waals surface area contributed by atoms with Crippen LogP contribution in [-0.2, 0) is 6.42 Å². The summed E-state index contributed by atoms with van der Waals surface area (Å²) in [4.78, 5) is 4.24. The Kier molecular flexibility index (Phi) is 2.13. The van der Waals surface area contributed by atoms with Crippen molar-refractivity contribution in [3.05, 3.63) is 41.5 Å². The van der Waals surface area contributed by atoms with Crippen LogP contribution in [0.25, 0.3) is 0 Å². The van der Waals surface area contributed by atoms with Crippen molar-refractivity contribution in [3.63, 3.8) is 0 Å². The fourth-order valence-electron chi connectivity index (χ4n) is 2.17. The first kappa shape index (κ1) is 9.39. The van der Waals surface area contributed by atoms with Gasteiger partial charge in [0.2, 0.25) is 5.89 Å². The van der Waals surface area contributed by atoms with Crippen molar-refractivity contribution in [2.24, 2.45) is 0 Å². The van der Waals surface area contributed by atoms with Crippen molar-refractivity contribution in [3.8, 4) is 0 Å². The molecule has 0 bridgehead atoms. The molecule has 1 aliphatic heterocycles. The molecule has 0 saturated heterocycles. The molecule has 1 N–H and O–H groups in total. The Balaban J connectivity index is 1.83. The molecule has 2 heterocycles. The van der Waals surface area contributed by atoms with Crippen molar-refractivity contribution in [1.29, 1.82) is 0 Å². The molecule has 0 saturated carbocycles. The Morgan fingerprint density at radius 3 is 3.12 bits per heavy atom. The van der Waals surface area contributed by atoms with Crippen LogP contribution in [0.3, 0.4) is 0 Å². The summed E-state index contributed by atoms with van der Waals surface area (Å²) in [5.41, 5.74) is 2.57. The summed E-state index contributed by atoms with van der Waals surface area (Å²) in [6.07, 6.45) is 0.810. The van der Waals surface area contributed by atoms with E-state index in [1.807, 2.05) is 13.0 Å². The average Bonchev–Trinajstić information content (AvgIpc) is 2.87. The molecule has 0 spiro atoms. The van der Waals surface area contributed by atoms with Crippen LogP contribution in [0, 0.1) is 6.92 Å². The van der Waals surface area contributed by atoms with E-state index in [1.54, 1.807) is 0 Å². The summed E-state index contributed by atoms with van der Waals surface area (Å²) in [6, 6.07) is 8.38. The van der Waals surface area contributed by atoms with Gasteiger partial charge in [0.1, 0.15) is 0 Å². The number of anilines is 1. The van der Waals surface area contributed by atoms with E-state index in [-0.39, 0.29) is 0 Å². The second-order valence-corrected chi connectivity index (χ2v) is 4.10. The molecular formula is C12H13N3O. The largest absolute Gasteiger partial charge is 0.384 e.